The van der Waals surface area contributed by atoms with Gasteiger partial charge in [0, 0.05) is 6.07 Å². The lowest BCUT2D eigenvalue weighted by atomic mass is 10.1. The summed E-state index contributed by atoms with van der Waals surface area (Å²) in [4.78, 5) is 7.94. The topological polar surface area (TPSA) is 99.5 Å². The Morgan fingerprint density at radius 1 is 1.14 bits per heavy atom. The first-order chi connectivity index (χ1) is 13.6. The molecule has 2 heterocycles. The maximum absolute atomic E-state index is 14.6. The Morgan fingerprint density at radius 3 is 2.68 bits per heavy atom. The predicted octanol–water partition coefficient (Wildman–Crippen LogP) is 4.08. The van der Waals surface area contributed by atoms with Crippen LogP contribution in [0.4, 0.5) is 20.4 Å². The number of halogens is 2. The molecular weight excluding hydrogens is 366 g/mol. The van der Waals surface area contributed by atoms with Crippen molar-refractivity contribution in [3.63, 3.8) is 0 Å². The Kier molecular flexibility index (Phi) is 4.85. The normalized spacial score (nSPS) is 14.0. The number of hydrogen-bond donors (Lipinski definition) is 2. The summed E-state index contributed by atoms with van der Waals surface area (Å²) in [6.07, 6.45) is 6.61. The lowest BCUT2D eigenvalue weighted by Gasteiger charge is -2.16. The van der Waals surface area contributed by atoms with Crippen molar-refractivity contribution in [3.05, 3.63) is 47.9 Å². The number of nitrogens with one attached hydrogen (secondary N) is 2. The highest BCUT2D eigenvalue weighted by molar-refractivity contribution is 5.71. The summed E-state index contributed by atoms with van der Waals surface area (Å²) >= 11 is 0. The molecule has 1 fully saturated rings. The second kappa shape index (κ2) is 7.60. The molecular formula is C19H16F2N6O. The Bertz CT molecular complexity index is 1020. The van der Waals surface area contributed by atoms with Crippen molar-refractivity contribution in [1.82, 2.24) is 20.2 Å². The predicted molar refractivity (Wildman–Crippen MR) is 96.9 cm³/mol. The van der Waals surface area contributed by atoms with Crippen LogP contribution in [0, 0.1) is 23.0 Å². The first-order valence-electron chi connectivity index (χ1n) is 8.83. The van der Waals surface area contributed by atoms with Crippen LogP contribution in [-0.4, -0.2) is 26.3 Å². The number of anilines is 2. The van der Waals surface area contributed by atoms with Crippen LogP contribution < -0.4 is 10.1 Å². The Balaban J connectivity index is 1.61. The first kappa shape index (κ1) is 17.9. The molecule has 0 unspecified atom stereocenters. The molecule has 9 heteroatoms. The minimum atomic E-state index is -0.996. The van der Waals surface area contributed by atoms with E-state index in [2.05, 4.69) is 25.5 Å². The minimum absolute atomic E-state index is 0.00152. The van der Waals surface area contributed by atoms with E-state index in [1.165, 1.54) is 24.5 Å². The van der Waals surface area contributed by atoms with E-state index in [9.17, 15) is 8.78 Å². The lowest BCUT2D eigenvalue weighted by Crippen LogP contribution is -2.12. The summed E-state index contributed by atoms with van der Waals surface area (Å²) in [6, 6.07) is 5.90. The van der Waals surface area contributed by atoms with Crippen LogP contribution in [0.1, 0.15) is 31.4 Å². The highest BCUT2D eigenvalue weighted by Crippen LogP contribution is 2.36. The zero-order chi connectivity index (χ0) is 19.5. The number of ether oxygens (including phenoxy) is 1. The van der Waals surface area contributed by atoms with E-state index in [0.29, 0.717) is 11.6 Å². The molecule has 0 atom stereocenters. The van der Waals surface area contributed by atoms with Gasteiger partial charge in [0.1, 0.15) is 17.6 Å². The number of benzene rings is 1. The van der Waals surface area contributed by atoms with Crippen molar-refractivity contribution in [2.75, 3.05) is 5.32 Å². The van der Waals surface area contributed by atoms with Crippen LogP contribution >= 0.6 is 0 Å². The summed E-state index contributed by atoms with van der Waals surface area (Å²) in [5.41, 5.74) is 0.455. The average Bonchev–Trinajstić information content (AvgIpc) is 3.38. The second-order valence-electron chi connectivity index (χ2n) is 6.45. The van der Waals surface area contributed by atoms with Crippen molar-refractivity contribution in [2.45, 2.75) is 31.8 Å². The monoisotopic (exact) mass is 382 g/mol. The smallest absolute Gasteiger partial charge is 0.171 e. The summed E-state index contributed by atoms with van der Waals surface area (Å²) in [5, 5.41) is 18.4. The maximum atomic E-state index is 14.6. The summed E-state index contributed by atoms with van der Waals surface area (Å²) in [6.45, 7) is 0. The standard InChI is InChI=1S/C19H16F2N6O/c20-13-5-6-15(28-12-3-1-2-4-12)18(19(13)21)14-7-16(27-26-14)25-17-10-23-11(8-22)9-24-17/h5-7,9-10,12H,1-4H2,(H2,24,25,26,27). The molecule has 2 aromatic heterocycles. The molecule has 2 N–H and O–H groups in total. The molecule has 0 saturated heterocycles. The van der Waals surface area contributed by atoms with E-state index in [1.54, 1.807) is 0 Å². The number of nitrogens with zero attached hydrogens (tertiary/aromatic N) is 4. The van der Waals surface area contributed by atoms with Crippen LogP contribution in [0.5, 0.6) is 5.75 Å². The van der Waals surface area contributed by atoms with Gasteiger partial charge in [0.05, 0.1) is 29.8 Å². The van der Waals surface area contributed by atoms with E-state index in [-0.39, 0.29) is 28.8 Å². The van der Waals surface area contributed by atoms with Crippen molar-refractivity contribution in [1.29, 1.82) is 5.26 Å². The molecule has 0 spiro atoms. The molecule has 28 heavy (non-hydrogen) atoms. The quantitative estimate of drug-likeness (QED) is 0.690. The summed E-state index contributed by atoms with van der Waals surface area (Å²) < 4.78 is 34.3. The van der Waals surface area contributed by atoms with Crippen molar-refractivity contribution >= 4 is 11.6 Å². The highest BCUT2D eigenvalue weighted by atomic mass is 19.2. The maximum Gasteiger partial charge on any atom is 0.171 e. The molecule has 0 bridgehead atoms. The van der Waals surface area contributed by atoms with Crippen molar-refractivity contribution in [3.8, 4) is 23.1 Å². The fourth-order valence-electron chi connectivity index (χ4n) is 3.16. The Labute approximate surface area is 159 Å². The van der Waals surface area contributed by atoms with Crippen LogP contribution in [0.2, 0.25) is 0 Å². The van der Waals surface area contributed by atoms with Gasteiger partial charge in [0.25, 0.3) is 0 Å². The molecule has 0 radical (unpaired) electrons. The van der Waals surface area contributed by atoms with Crippen LogP contribution in [-0.2, 0) is 0 Å². The molecule has 1 aliphatic carbocycles. The van der Waals surface area contributed by atoms with Crippen LogP contribution in [0.3, 0.4) is 0 Å². The molecule has 1 aliphatic rings. The fraction of sp³-hybridized carbons (Fsp3) is 0.263. The average molecular weight is 382 g/mol. The zero-order valence-corrected chi connectivity index (χ0v) is 14.7. The zero-order valence-electron chi connectivity index (χ0n) is 14.7. The van der Waals surface area contributed by atoms with Crippen molar-refractivity contribution < 1.29 is 13.5 Å². The van der Waals surface area contributed by atoms with Crippen molar-refractivity contribution in [2.24, 2.45) is 0 Å². The van der Waals surface area contributed by atoms with Gasteiger partial charge in [-0.3, -0.25) is 5.10 Å². The highest BCUT2D eigenvalue weighted by Gasteiger charge is 2.23. The summed E-state index contributed by atoms with van der Waals surface area (Å²) in [5.74, 6) is -0.984. The van der Waals surface area contributed by atoms with E-state index in [1.807, 2.05) is 6.07 Å². The second-order valence-corrected chi connectivity index (χ2v) is 6.45. The van der Waals surface area contributed by atoms with Gasteiger partial charge in [0.2, 0.25) is 0 Å². The number of aromatic amines is 1. The molecule has 3 aromatic rings. The molecule has 142 valence electrons. The minimum Gasteiger partial charge on any atom is -0.490 e. The summed E-state index contributed by atoms with van der Waals surface area (Å²) in [7, 11) is 0. The van der Waals surface area contributed by atoms with Gasteiger partial charge in [-0.2, -0.15) is 10.4 Å². The number of nitriles is 1. The third-order valence-corrected chi connectivity index (χ3v) is 4.52. The molecule has 1 saturated carbocycles. The van der Waals surface area contributed by atoms with Gasteiger partial charge in [-0.1, -0.05) is 0 Å². The van der Waals surface area contributed by atoms with Gasteiger partial charge < -0.3 is 10.1 Å². The third-order valence-electron chi connectivity index (χ3n) is 4.52. The Hall–Kier alpha value is -3.54. The van der Waals surface area contributed by atoms with E-state index in [0.717, 1.165) is 31.7 Å². The number of rotatable bonds is 5. The van der Waals surface area contributed by atoms with E-state index in [4.69, 9.17) is 10.00 Å². The largest absolute Gasteiger partial charge is 0.490 e. The molecule has 0 aliphatic heterocycles. The van der Waals surface area contributed by atoms with E-state index >= 15 is 0 Å². The number of H-pyrrole nitrogens is 1. The number of hydrogen-bond acceptors (Lipinski definition) is 6. The fourth-order valence-corrected chi connectivity index (χ4v) is 3.16. The van der Waals surface area contributed by atoms with Gasteiger partial charge in [-0.15, -0.1) is 0 Å². The van der Waals surface area contributed by atoms with E-state index < -0.39 is 11.6 Å². The van der Waals surface area contributed by atoms with Crippen LogP contribution in [0.25, 0.3) is 11.3 Å². The molecule has 1 aromatic carbocycles. The molecule has 0 amide bonds. The Morgan fingerprint density at radius 2 is 1.96 bits per heavy atom. The van der Waals surface area contributed by atoms with Gasteiger partial charge in [0.15, 0.2) is 23.1 Å². The first-order valence-corrected chi connectivity index (χ1v) is 8.83. The van der Waals surface area contributed by atoms with Crippen LogP contribution in [0.15, 0.2) is 30.6 Å². The van der Waals surface area contributed by atoms with Gasteiger partial charge in [-0.25, -0.2) is 18.7 Å². The third kappa shape index (κ3) is 3.62. The molecule has 7 nitrogen and oxygen atoms in total. The molecule has 4 rings (SSSR count). The number of aromatic nitrogens is 4. The van der Waals surface area contributed by atoms with Gasteiger partial charge in [-0.05, 0) is 37.8 Å². The lowest BCUT2D eigenvalue weighted by molar-refractivity contribution is 0.210. The van der Waals surface area contributed by atoms with Gasteiger partial charge >= 0.3 is 0 Å². The SMILES string of the molecule is N#Cc1cnc(Nc2cc(-c3c(OC4CCCC4)ccc(F)c3F)[nH]n2)cn1.